The van der Waals surface area contributed by atoms with E-state index in [4.69, 9.17) is 10.4 Å². The van der Waals surface area contributed by atoms with Gasteiger partial charge in [-0.3, -0.25) is 4.79 Å². The summed E-state index contributed by atoms with van der Waals surface area (Å²) in [6.07, 6.45) is 2.15. The molecule has 2 rings (SSSR count). The number of rotatable bonds is 2. The molecule has 0 aromatic heterocycles. The van der Waals surface area contributed by atoms with E-state index >= 15 is 0 Å². The van der Waals surface area contributed by atoms with Crippen LogP contribution in [0.5, 0.6) is 0 Å². The van der Waals surface area contributed by atoms with Gasteiger partial charge < -0.3 is 10.0 Å². The van der Waals surface area contributed by atoms with Gasteiger partial charge >= 0.3 is 5.97 Å². The standard InChI is InChI=1S/C14H14N2O3/c15-9-10-4-6-11(7-5-10)13(17)16-8-2-1-3-12(16)14(18)19/h4-7,12H,1-3,8H2,(H,18,19)/t12-/m0/s1. The van der Waals surface area contributed by atoms with Gasteiger partial charge in [0.1, 0.15) is 6.04 Å². The Labute approximate surface area is 111 Å². The Morgan fingerprint density at radius 2 is 1.95 bits per heavy atom. The molecule has 1 aliphatic rings. The molecular formula is C14H14N2O3. The van der Waals surface area contributed by atoms with Crippen molar-refractivity contribution in [2.75, 3.05) is 6.54 Å². The van der Waals surface area contributed by atoms with Gasteiger partial charge in [-0.25, -0.2) is 4.79 Å². The lowest BCUT2D eigenvalue weighted by molar-refractivity contribution is -0.143. The molecule has 5 heteroatoms. The van der Waals surface area contributed by atoms with Crippen LogP contribution in [-0.4, -0.2) is 34.5 Å². The Balaban J connectivity index is 2.21. The predicted molar refractivity (Wildman–Crippen MR) is 67.5 cm³/mol. The van der Waals surface area contributed by atoms with Gasteiger partial charge in [0.05, 0.1) is 11.6 Å². The fourth-order valence-electron chi connectivity index (χ4n) is 2.28. The van der Waals surface area contributed by atoms with E-state index in [9.17, 15) is 9.59 Å². The molecule has 19 heavy (non-hydrogen) atoms. The minimum atomic E-state index is -0.957. The van der Waals surface area contributed by atoms with Crippen molar-refractivity contribution in [2.45, 2.75) is 25.3 Å². The van der Waals surface area contributed by atoms with E-state index in [-0.39, 0.29) is 5.91 Å². The van der Waals surface area contributed by atoms with Gasteiger partial charge in [-0.2, -0.15) is 5.26 Å². The second-order valence-electron chi connectivity index (χ2n) is 4.54. The fraction of sp³-hybridized carbons (Fsp3) is 0.357. The summed E-state index contributed by atoms with van der Waals surface area (Å²) in [5, 5.41) is 17.9. The lowest BCUT2D eigenvalue weighted by atomic mass is 10.0. The summed E-state index contributed by atoms with van der Waals surface area (Å²) in [4.78, 5) is 24.9. The molecule has 1 aromatic rings. The van der Waals surface area contributed by atoms with Crippen LogP contribution in [0.15, 0.2) is 24.3 Å². The maximum atomic E-state index is 12.3. The highest BCUT2D eigenvalue weighted by atomic mass is 16.4. The maximum absolute atomic E-state index is 12.3. The summed E-state index contributed by atoms with van der Waals surface area (Å²) in [6.45, 7) is 0.468. The van der Waals surface area contributed by atoms with Crippen LogP contribution < -0.4 is 0 Å². The highest BCUT2D eigenvalue weighted by Crippen LogP contribution is 2.20. The number of carbonyl (C=O) groups is 2. The minimum Gasteiger partial charge on any atom is -0.480 e. The van der Waals surface area contributed by atoms with Crippen LogP contribution in [0.25, 0.3) is 0 Å². The van der Waals surface area contributed by atoms with Crippen LogP contribution in [-0.2, 0) is 4.79 Å². The molecular weight excluding hydrogens is 244 g/mol. The number of amides is 1. The van der Waals surface area contributed by atoms with Crippen LogP contribution in [0.3, 0.4) is 0 Å². The zero-order valence-electron chi connectivity index (χ0n) is 10.4. The smallest absolute Gasteiger partial charge is 0.326 e. The number of nitrogens with zero attached hydrogens (tertiary/aromatic N) is 2. The van der Waals surface area contributed by atoms with Crippen LogP contribution >= 0.6 is 0 Å². The molecule has 0 saturated carbocycles. The Hall–Kier alpha value is -2.35. The van der Waals surface area contributed by atoms with Crippen LogP contribution in [0.1, 0.15) is 35.2 Å². The highest BCUT2D eigenvalue weighted by molar-refractivity contribution is 5.96. The van der Waals surface area contributed by atoms with Crippen molar-refractivity contribution in [1.29, 1.82) is 5.26 Å². The monoisotopic (exact) mass is 258 g/mol. The topological polar surface area (TPSA) is 81.4 Å². The molecule has 5 nitrogen and oxygen atoms in total. The molecule has 0 unspecified atom stereocenters. The van der Waals surface area contributed by atoms with E-state index in [1.54, 1.807) is 24.3 Å². The summed E-state index contributed by atoms with van der Waals surface area (Å²) in [6, 6.07) is 7.49. The molecule has 98 valence electrons. The number of nitriles is 1. The van der Waals surface area contributed by atoms with Gasteiger partial charge in [0.25, 0.3) is 5.91 Å². The van der Waals surface area contributed by atoms with Crippen LogP contribution in [0.4, 0.5) is 0 Å². The first-order chi connectivity index (χ1) is 9.13. The average molecular weight is 258 g/mol. The van der Waals surface area contributed by atoms with E-state index in [1.807, 2.05) is 6.07 Å². The third-order valence-electron chi connectivity index (χ3n) is 3.31. The third-order valence-corrected chi connectivity index (χ3v) is 3.31. The van der Waals surface area contributed by atoms with E-state index in [2.05, 4.69) is 0 Å². The molecule has 1 aliphatic heterocycles. The molecule has 0 bridgehead atoms. The third kappa shape index (κ3) is 2.74. The Morgan fingerprint density at radius 3 is 2.53 bits per heavy atom. The number of piperidine rings is 1. The average Bonchev–Trinajstić information content (AvgIpc) is 2.46. The number of likely N-dealkylation sites (tertiary alicyclic amines) is 1. The molecule has 1 aromatic carbocycles. The summed E-state index contributed by atoms with van der Waals surface area (Å²) < 4.78 is 0. The van der Waals surface area contributed by atoms with Gasteiger partial charge in [-0.15, -0.1) is 0 Å². The first kappa shape index (κ1) is 13.1. The molecule has 0 radical (unpaired) electrons. The molecule has 1 saturated heterocycles. The lowest BCUT2D eigenvalue weighted by Gasteiger charge is -2.33. The van der Waals surface area contributed by atoms with Gasteiger partial charge in [-0.05, 0) is 43.5 Å². The quantitative estimate of drug-likeness (QED) is 0.874. The number of hydrogen-bond donors (Lipinski definition) is 1. The predicted octanol–water partition coefficient (Wildman–Crippen LogP) is 1.64. The highest BCUT2D eigenvalue weighted by Gasteiger charge is 2.32. The molecule has 1 N–H and O–H groups in total. The van der Waals surface area contributed by atoms with Gasteiger partial charge in [0, 0.05) is 12.1 Å². The molecule has 0 aliphatic carbocycles. The second kappa shape index (κ2) is 5.53. The number of carboxylic acid groups (broad SMARTS) is 1. The van der Waals surface area contributed by atoms with Crippen molar-refractivity contribution in [3.05, 3.63) is 35.4 Å². The van der Waals surface area contributed by atoms with Crippen LogP contribution in [0.2, 0.25) is 0 Å². The lowest BCUT2D eigenvalue weighted by Crippen LogP contribution is -2.47. The zero-order chi connectivity index (χ0) is 13.8. The summed E-state index contributed by atoms with van der Waals surface area (Å²) in [5.41, 5.74) is 0.900. The minimum absolute atomic E-state index is 0.281. The van der Waals surface area contributed by atoms with Gasteiger partial charge in [0.2, 0.25) is 0 Å². The molecule has 1 amide bonds. The zero-order valence-corrected chi connectivity index (χ0v) is 10.4. The van der Waals surface area contributed by atoms with E-state index in [0.29, 0.717) is 24.1 Å². The van der Waals surface area contributed by atoms with Crippen molar-refractivity contribution < 1.29 is 14.7 Å². The van der Waals surface area contributed by atoms with Gasteiger partial charge in [0.15, 0.2) is 0 Å². The molecule has 1 heterocycles. The number of hydrogen-bond acceptors (Lipinski definition) is 3. The number of aliphatic carboxylic acids is 1. The second-order valence-corrected chi connectivity index (χ2v) is 4.54. The Kier molecular flexibility index (Phi) is 3.81. The molecule has 1 fully saturated rings. The van der Waals surface area contributed by atoms with E-state index in [0.717, 1.165) is 12.8 Å². The summed E-state index contributed by atoms with van der Waals surface area (Å²) >= 11 is 0. The van der Waals surface area contributed by atoms with Gasteiger partial charge in [-0.1, -0.05) is 0 Å². The first-order valence-corrected chi connectivity index (χ1v) is 6.17. The Morgan fingerprint density at radius 1 is 1.26 bits per heavy atom. The van der Waals surface area contributed by atoms with Crippen molar-refractivity contribution in [1.82, 2.24) is 4.90 Å². The normalized spacial score (nSPS) is 18.7. The van der Waals surface area contributed by atoms with Crippen LogP contribution in [0, 0.1) is 11.3 Å². The largest absolute Gasteiger partial charge is 0.480 e. The molecule has 1 atom stereocenters. The number of carboxylic acids is 1. The van der Waals surface area contributed by atoms with Crippen molar-refractivity contribution >= 4 is 11.9 Å². The van der Waals surface area contributed by atoms with Crippen molar-refractivity contribution in [3.63, 3.8) is 0 Å². The number of benzene rings is 1. The molecule has 0 spiro atoms. The summed E-state index contributed by atoms with van der Waals surface area (Å²) in [7, 11) is 0. The van der Waals surface area contributed by atoms with Crippen molar-refractivity contribution in [3.8, 4) is 6.07 Å². The SMILES string of the molecule is N#Cc1ccc(C(=O)N2CCCC[C@H]2C(=O)O)cc1. The van der Waals surface area contributed by atoms with E-state index in [1.165, 1.54) is 4.90 Å². The summed E-state index contributed by atoms with van der Waals surface area (Å²) in [5.74, 6) is -1.24. The Bertz CT molecular complexity index is 531. The number of carbonyl (C=O) groups excluding carboxylic acids is 1. The van der Waals surface area contributed by atoms with E-state index < -0.39 is 12.0 Å². The van der Waals surface area contributed by atoms with Crippen molar-refractivity contribution in [2.24, 2.45) is 0 Å². The maximum Gasteiger partial charge on any atom is 0.326 e. The first-order valence-electron chi connectivity index (χ1n) is 6.17. The fourth-order valence-corrected chi connectivity index (χ4v) is 2.28.